The number of ether oxygens (including phenoxy) is 1. The van der Waals surface area contributed by atoms with Gasteiger partial charge in [0.05, 0.1) is 12.3 Å². The van der Waals surface area contributed by atoms with Crippen LogP contribution in [0.3, 0.4) is 0 Å². The van der Waals surface area contributed by atoms with E-state index in [1.54, 1.807) is 0 Å². The summed E-state index contributed by atoms with van der Waals surface area (Å²) < 4.78 is 5.48. The van der Waals surface area contributed by atoms with Crippen molar-refractivity contribution in [1.29, 1.82) is 0 Å². The van der Waals surface area contributed by atoms with Gasteiger partial charge in [0, 0.05) is 61.1 Å². The highest BCUT2D eigenvalue weighted by Gasteiger charge is 2.25. The van der Waals surface area contributed by atoms with Crippen LogP contribution >= 0.6 is 0 Å². The third-order valence-corrected chi connectivity index (χ3v) is 6.43. The molecule has 6 nitrogen and oxygen atoms in total. The molecule has 1 aliphatic heterocycles. The Bertz CT molecular complexity index is 994. The Morgan fingerprint density at radius 2 is 1.58 bits per heavy atom. The highest BCUT2D eigenvalue weighted by atomic mass is 16.5. The van der Waals surface area contributed by atoms with E-state index < -0.39 is 0 Å². The van der Waals surface area contributed by atoms with Crippen molar-refractivity contribution in [1.82, 2.24) is 9.80 Å². The number of aliphatic imine (C=N–C) groups is 2. The van der Waals surface area contributed by atoms with Crippen molar-refractivity contribution in [2.24, 2.45) is 9.98 Å². The van der Waals surface area contributed by atoms with Gasteiger partial charge in [-0.25, -0.2) is 4.79 Å². The smallest absolute Gasteiger partial charge is 0.278 e. The van der Waals surface area contributed by atoms with Gasteiger partial charge in [0.15, 0.2) is 5.94 Å². The summed E-state index contributed by atoms with van der Waals surface area (Å²) in [5, 5.41) is 0. The number of hydrogen-bond donors (Lipinski definition) is 0. The summed E-state index contributed by atoms with van der Waals surface area (Å²) in [6, 6.07) is 0. The summed E-state index contributed by atoms with van der Waals surface area (Å²) in [7, 11) is 0. The van der Waals surface area contributed by atoms with Crippen molar-refractivity contribution >= 4 is 17.4 Å². The molecule has 6 heteroatoms. The molecule has 36 heavy (non-hydrogen) atoms. The maximum Gasteiger partial charge on any atom is 0.278 e. The molecule has 0 spiro atoms. The number of hydrogen-bond acceptors (Lipinski definition) is 6. The van der Waals surface area contributed by atoms with Gasteiger partial charge in [-0.3, -0.25) is 9.98 Å². The number of rotatable bonds is 12. The molecule has 0 saturated carbocycles. The Kier molecular flexibility index (Phi) is 14.2. The molecule has 0 N–H and O–H groups in total. The van der Waals surface area contributed by atoms with E-state index in [-0.39, 0.29) is 0 Å². The van der Waals surface area contributed by atoms with Crippen LogP contribution < -0.4 is 0 Å². The zero-order valence-corrected chi connectivity index (χ0v) is 23.9. The maximum absolute atomic E-state index is 11.4. The predicted molar refractivity (Wildman–Crippen MR) is 154 cm³/mol. The second-order valence-electron chi connectivity index (χ2n) is 8.70. The minimum atomic E-state index is 0.298. The SMILES string of the molecule is C\C=C/N=C(/C(=C/C)C(/C(C)=N/C=C/CC)=C(/C)N1CCN(C(=C=O)OCC)CC1)C(\C)=C(/C)CC. The van der Waals surface area contributed by atoms with E-state index in [0.29, 0.717) is 25.6 Å². The molecular weight excluding hydrogens is 448 g/mol. The number of allylic oxidation sites excluding steroid dienone is 8. The minimum absolute atomic E-state index is 0.298. The van der Waals surface area contributed by atoms with Gasteiger partial charge >= 0.3 is 0 Å². The van der Waals surface area contributed by atoms with Crippen molar-refractivity contribution in [3.05, 3.63) is 64.5 Å². The van der Waals surface area contributed by atoms with E-state index in [0.717, 1.165) is 54.2 Å². The third kappa shape index (κ3) is 8.53. The molecule has 0 bridgehead atoms. The second-order valence-corrected chi connectivity index (χ2v) is 8.70. The highest BCUT2D eigenvalue weighted by Crippen LogP contribution is 2.27. The van der Waals surface area contributed by atoms with E-state index in [1.165, 1.54) is 11.1 Å². The summed E-state index contributed by atoms with van der Waals surface area (Å²) in [6.07, 6.45) is 11.8. The number of carbonyl (C=O) groups excluding carboxylic acids is 1. The minimum Gasteiger partial charge on any atom is -0.471 e. The zero-order valence-electron chi connectivity index (χ0n) is 23.9. The molecule has 0 aromatic carbocycles. The molecule has 1 heterocycles. The average molecular weight is 495 g/mol. The van der Waals surface area contributed by atoms with Gasteiger partial charge in [0.2, 0.25) is 0 Å². The lowest BCUT2D eigenvalue weighted by Gasteiger charge is -2.38. The molecule has 0 amide bonds. The molecular formula is C30H46N4O2. The van der Waals surface area contributed by atoms with Crippen molar-refractivity contribution in [2.45, 2.75) is 75.2 Å². The van der Waals surface area contributed by atoms with Gasteiger partial charge in [-0.05, 0) is 66.9 Å². The molecule has 198 valence electrons. The standard InChI is InChI=1S/C30H46N4O2/c1-10-15-17-31-25(8)29(27(13-4)30(32-16-11-2)24(7)23(6)12-3)26(9)33-18-20-34(21-19-33)28(22-35)36-14-5/h11,13,15-17H,10,12,14,18-21H2,1-9H3/b16-11-,17-15+,24-23+,27-13+,29-26-,31-25+,32-30+. The Balaban J connectivity index is 3.64. The molecule has 1 saturated heterocycles. The first-order chi connectivity index (χ1) is 17.3. The molecule has 0 aromatic rings. The van der Waals surface area contributed by atoms with Crippen LogP contribution in [0.5, 0.6) is 0 Å². The van der Waals surface area contributed by atoms with Gasteiger partial charge in [-0.1, -0.05) is 37.6 Å². The summed E-state index contributed by atoms with van der Waals surface area (Å²) >= 11 is 0. The van der Waals surface area contributed by atoms with Gasteiger partial charge in [0.25, 0.3) is 5.88 Å². The topological polar surface area (TPSA) is 57.5 Å². The highest BCUT2D eigenvalue weighted by molar-refractivity contribution is 6.22. The lowest BCUT2D eigenvalue weighted by molar-refractivity contribution is 0.0897. The van der Waals surface area contributed by atoms with Gasteiger partial charge in [-0.15, -0.1) is 0 Å². The summed E-state index contributed by atoms with van der Waals surface area (Å²) in [4.78, 5) is 25.4. The van der Waals surface area contributed by atoms with Crippen molar-refractivity contribution in [3.63, 3.8) is 0 Å². The van der Waals surface area contributed by atoms with E-state index in [9.17, 15) is 4.79 Å². The maximum atomic E-state index is 11.4. The molecule has 0 aliphatic carbocycles. The fraction of sp³-hybridized carbons (Fsp3) is 0.533. The van der Waals surface area contributed by atoms with Crippen LogP contribution in [0.1, 0.15) is 75.2 Å². The average Bonchev–Trinajstić information content (AvgIpc) is 2.90. The number of nitrogens with zero attached hydrogens (tertiary/aromatic N) is 4. The fourth-order valence-electron chi connectivity index (χ4n) is 4.10. The van der Waals surface area contributed by atoms with Crippen molar-refractivity contribution in [2.75, 3.05) is 32.8 Å². The van der Waals surface area contributed by atoms with E-state index in [4.69, 9.17) is 14.7 Å². The number of piperazine rings is 1. The van der Waals surface area contributed by atoms with E-state index in [2.05, 4.69) is 65.5 Å². The van der Waals surface area contributed by atoms with Crippen LogP contribution in [-0.4, -0.2) is 60.0 Å². The third-order valence-electron chi connectivity index (χ3n) is 6.43. The van der Waals surface area contributed by atoms with E-state index in [1.807, 2.05) is 43.2 Å². The van der Waals surface area contributed by atoms with Crippen LogP contribution in [-0.2, 0) is 9.53 Å². The van der Waals surface area contributed by atoms with Crippen LogP contribution in [0.2, 0.25) is 0 Å². The van der Waals surface area contributed by atoms with Crippen LogP contribution in [0.4, 0.5) is 0 Å². The Morgan fingerprint density at radius 3 is 2.08 bits per heavy atom. The first-order valence-electron chi connectivity index (χ1n) is 13.1. The Labute approximate surface area is 219 Å². The van der Waals surface area contributed by atoms with Gasteiger partial charge in [0.1, 0.15) is 0 Å². The molecule has 1 aliphatic rings. The molecule has 0 unspecified atom stereocenters. The fourth-order valence-corrected chi connectivity index (χ4v) is 4.10. The Hall–Kier alpha value is -3.11. The quantitative estimate of drug-likeness (QED) is 0.132. The second kappa shape index (κ2) is 16.5. The van der Waals surface area contributed by atoms with Gasteiger partial charge in [-0.2, -0.15) is 0 Å². The van der Waals surface area contributed by atoms with Crippen molar-refractivity contribution in [3.8, 4) is 0 Å². The first kappa shape index (κ1) is 30.9. The van der Waals surface area contributed by atoms with Crippen LogP contribution in [0.25, 0.3) is 0 Å². The van der Waals surface area contributed by atoms with Crippen molar-refractivity contribution < 1.29 is 9.53 Å². The summed E-state index contributed by atoms with van der Waals surface area (Å²) in [5.74, 6) is 2.25. The normalized spacial score (nSPS) is 17.4. The molecule has 1 fully saturated rings. The molecule has 0 radical (unpaired) electrons. The lowest BCUT2D eigenvalue weighted by atomic mass is 9.89. The van der Waals surface area contributed by atoms with Crippen LogP contribution in [0.15, 0.2) is 74.5 Å². The van der Waals surface area contributed by atoms with Crippen LogP contribution in [0, 0.1) is 0 Å². The predicted octanol–water partition coefficient (Wildman–Crippen LogP) is 6.64. The summed E-state index contributed by atoms with van der Waals surface area (Å²) in [5.41, 5.74) is 7.74. The zero-order chi connectivity index (χ0) is 27.1. The molecule has 0 aromatic heterocycles. The molecule has 1 rings (SSSR count). The molecule has 0 atom stereocenters. The van der Waals surface area contributed by atoms with E-state index >= 15 is 0 Å². The summed E-state index contributed by atoms with van der Waals surface area (Å²) in [6.45, 7) is 22.2. The lowest BCUT2D eigenvalue weighted by Crippen LogP contribution is -2.46. The monoisotopic (exact) mass is 494 g/mol. The Morgan fingerprint density at radius 1 is 0.944 bits per heavy atom. The first-order valence-corrected chi connectivity index (χ1v) is 13.1. The largest absolute Gasteiger partial charge is 0.471 e. The van der Waals surface area contributed by atoms with Gasteiger partial charge < -0.3 is 14.5 Å².